The van der Waals surface area contributed by atoms with Crippen LogP contribution in [0.1, 0.15) is 11.1 Å². The minimum absolute atomic E-state index is 0.130. The van der Waals surface area contributed by atoms with E-state index in [0.717, 1.165) is 24.0 Å². The Kier molecular flexibility index (Phi) is 1.26. The van der Waals surface area contributed by atoms with Crippen LogP contribution in [-0.2, 0) is 12.8 Å². The lowest BCUT2D eigenvalue weighted by Crippen LogP contribution is -2.08. The van der Waals surface area contributed by atoms with Crippen molar-refractivity contribution in [3.05, 3.63) is 22.2 Å². The third kappa shape index (κ3) is 0.792. The summed E-state index contributed by atoms with van der Waals surface area (Å²) in [5.41, 5.74) is 1.64. The highest BCUT2D eigenvalue weighted by atomic mass is 35.5. The zero-order valence-electron chi connectivity index (χ0n) is 5.76. The highest BCUT2D eigenvalue weighted by Gasteiger charge is 2.23. The summed E-state index contributed by atoms with van der Waals surface area (Å²) in [4.78, 5) is 0. The number of halogens is 1. The second kappa shape index (κ2) is 2.05. The van der Waals surface area contributed by atoms with E-state index in [1.165, 1.54) is 6.07 Å². The molecule has 1 aliphatic carbocycles. The molecule has 0 atom stereocenters. The second-order valence-electron chi connectivity index (χ2n) is 2.68. The lowest BCUT2D eigenvalue weighted by Gasteiger charge is -2.21. The molecule has 2 N–H and O–H groups in total. The molecular weight excluding hydrogens is 164 g/mol. The summed E-state index contributed by atoms with van der Waals surface area (Å²) < 4.78 is 0. The number of aromatic hydroxyl groups is 2. The molecule has 1 aromatic rings. The van der Waals surface area contributed by atoms with Crippen LogP contribution in [0.2, 0.25) is 5.02 Å². The van der Waals surface area contributed by atoms with Gasteiger partial charge in [0, 0.05) is 17.2 Å². The summed E-state index contributed by atoms with van der Waals surface area (Å²) >= 11 is 5.62. The SMILES string of the molecule is Oc1cc(Cl)c(O)c2c1CC2. The number of hydrogen-bond acceptors (Lipinski definition) is 2. The smallest absolute Gasteiger partial charge is 0.137 e. The number of rotatable bonds is 0. The van der Waals surface area contributed by atoms with Crippen molar-refractivity contribution in [3.63, 3.8) is 0 Å². The first kappa shape index (κ1) is 6.80. The van der Waals surface area contributed by atoms with Gasteiger partial charge in [-0.3, -0.25) is 0 Å². The van der Waals surface area contributed by atoms with Crippen LogP contribution in [0, 0.1) is 0 Å². The van der Waals surface area contributed by atoms with Crippen LogP contribution >= 0.6 is 11.6 Å². The van der Waals surface area contributed by atoms with E-state index in [2.05, 4.69) is 0 Å². The fourth-order valence-electron chi connectivity index (χ4n) is 1.34. The van der Waals surface area contributed by atoms with Crippen molar-refractivity contribution < 1.29 is 10.2 Å². The Morgan fingerprint density at radius 1 is 1.18 bits per heavy atom. The van der Waals surface area contributed by atoms with Crippen LogP contribution in [0.3, 0.4) is 0 Å². The summed E-state index contributed by atoms with van der Waals surface area (Å²) in [6.07, 6.45) is 1.65. The quantitative estimate of drug-likeness (QED) is 0.584. The number of fused-ring (bicyclic) bond motifs is 1. The Morgan fingerprint density at radius 3 is 2.36 bits per heavy atom. The number of benzene rings is 1. The summed E-state index contributed by atoms with van der Waals surface area (Å²) in [7, 11) is 0. The third-order valence-corrected chi connectivity index (χ3v) is 2.36. The Morgan fingerprint density at radius 2 is 1.82 bits per heavy atom. The van der Waals surface area contributed by atoms with Gasteiger partial charge in [0.05, 0.1) is 5.02 Å². The summed E-state index contributed by atoms with van der Waals surface area (Å²) in [5.74, 6) is 0.333. The number of phenolic OH excluding ortho intramolecular Hbond substituents is 2. The van der Waals surface area contributed by atoms with Gasteiger partial charge in [0.2, 0.25) is 0 Å². The largest absolute Gasteiger partial charge is 0.508 e. The minimum atomic E-state index is 0.130. The highest BCUT2D eigenvalue weighted by molar-refractivity contribution is 6.32. The number of hydrogen-bond donors (Lipinski definition) is 2. The first-order valence-corrected chi connectivity index (χ1v) is 3.80. The fourth-order valence-corrected chi connectivity index (χ4v) is 1.56. The summed E-state index contributed by atoms with van der Waals surface area (Å²) in [6, 6.07) is 1.38. The van der Waals surface area contributed by atoms with Gasteiger partial charge in [0.25, 0.3) is 0 Å². The molecule has 0 fully saturated rings. The van der Waals surface area contributed by atoms with E-state index in [1.54, 1.807) is 0 Å². The van der Waals surface area contributed by atoms with E-state index in [9.17, 15) is 10.2 Å². The molecule has 0 unspecified atom stereocenters. The van der Waals surface area contributed by atoms with Gasteiger partial charge in [0.15, 0.2) is 0 Å². The molecule has 0 spiro atoms. The lowest BCUT2D eigenvalue weighted by atomic mass is 9.87. The predicted molar refractivity (Wildman–Crippen MR) is 42.2 cm³/mol. The van der Waals surface area contributed by atoms with E-state index >= 15 is 0 Å². The monoisotopic (exact) mass is 170 g/mol. The Balaban J connectivity index is 2.70. The minimum Gasteiger partial charge on any atom is -0.508 e. The molecule has 11 heavy (non-hydrogen) atoms. The van der Waals surface area contributed by atoms with Crippen molar-refractivity contribution in [2.24, 2.45) is 0 Å². The first-order chi connectivity index (χ1) is 5.20. The van der Waals surface area contributed by atoms with E-state index in [-0.39, 0.29) is 16.5 Å². The summed E-state index contributed by atoms with van der Waals surface area (Å²) in [5, 5.41) is 18.8. The molecule has 2 rings (SSSR count). The fraction of sp³-hybridized carbons (Fsp3) is 0.250. The first-order valence-electron chi connectivity index (χ1n) is 3.42. The zero-order chi connectivity index (χ0) is 8.01. The van der Waals surface area contributed by atoms with Gasteiger partial charge in [-0.25, -0.2) is 0 Å². The van der Waals surface area contributed by atoms with Crippen LogP contribution in [0.25, 0.3) is 0 Å². The van der Waals surface area contributed by atoms with Crippen molar-refractivity contribution in [3.8, 4) is 11.5 Å². The highest BCUT2D eigenvalue weighted by Crippen LogP contribution is 2.42. The maximum atomic E-state index is 9.32. The molecule has 58 valence electrons. The van der Waals surface area contributed by atoms with Crippen molar-refractivity contribution in [1.82, 2.24) is 0 Å². The molecule has 1 aliphatic rings. The molecule has 0 amide bonds. The summed E-state index contributed by atoms with van der Waals surface area (Å²) in [6.45, 7) is 0. The van der Waals surface area contributed by atoms with Crippen molar-refractivity contribution in [1.29, 1.82) is 0 Å². The molecule has 0 saturated heterocycles. The molecule has 0 aromatic heterocycles. The van der Waals surface area contributed by atoms with Crippen LogP contribution in [0.5, 0.6) is 11.5 Å². The topological polar surface area (TPSA) is 40.5 Å². The standard InChI is InChI=1S/C8H7ClO2/c9-6-3-7(10)4-1-2-5(4)8(6)11/h3,10-11H,1-2H2. The lowest BCUT2D eigenvalue weighted by molar-refractivity contribution is 0.437. The maximum absolute atomic E-state index is 9.32. The molecule has 0 radical (unpaired) electrons. The predicted octanol–water partition coefficient (Wildman–Crippen LogP) is 1.85. The van der Waals surface area contributed by atoms with Gasteiger partial charge < -0.3 is 10.2 Å². The normalized spacial score (nSPS) is 13.9. The van der Waals surface area contributed by atoms with Gasteiger partial charge in [-0.05, 0) is 12.8 Å². The molecule has 3 heteroatoms. The Labute approximate surface area is 69.0 Å². The molecule has 0 bridgehead atoms. The van der Waals surface area contributed by atoms with Gasteiger partial charge in [-0.2, -0.15) is 0 Å². The van der Waals surface area contributed by atoms with Gasteiger partial charge >= 0.3 is 0 Å². The van der Waals surface area contributed by atoms with Gasteiger partial charge in [0.1, 0.15) is 11.5 Å². The van der Waals surface area contributed by atoms with E-state index < -0.39 is 0 Å². The van der Waals surface area contributed by atoms with Gasteiger partial charge in [-0.15, -0.1) is 0 Å². The van der Waals surface area contributed by atoms with Crippen LogP contribution < -0.4 is 0 Å². The average molecular weight is 171 g/mol. The van der Waals surface area contributed by atoms with Gasteiger partial charge in [-0.1, -0.05) is 11.6 Å². The van der Waals surface area contributed by atoms with E-state index in [0.29, 0.717) is 0 Å². The average Bonchev–Trinajstić information content (AvgIpc) is 1.81. The second-order valence-corrected chi connectivity index (χ2v) is 3.09. The van der Waals surface area contributed by atoms with Crippen LogP contribution in [0.15, 0.2) is 6.07 Å². The van der Waals surface area contributed by atoms with E-state index in [1.807, 2.05) is 0 Å². The Bertz CT molecular complexity index is 300. The maximum Gasteiger partial charge on any atom is 0.137 e. The van der Waals surface area contributed by atoms with Crippen LogP contribution in [-0.4, -0.2) is 10.2 Å². The van der Waals surface area contributed by atoms with Crippen molar-refractivity contribution >= 4 is 11.6 Å². The van der Waals surface area contributed by atoms with Crippen molar-refractivity contribution in [2.75, 3.05) is 0 Å². The third-order valence-electron chi connectivity index (χ3n) is 2.07. The Hall–Kier alpha value is -0.890. The molecule has 2 nitrogen and oxygen atoms in total. The molecule has 0 aliphatic heterocycles. The van der Waals surface area contributed by atoms with Crippen molar-refractivity contribution in [2.45, 2.75) is 12.8 Å². The zero-order valence-corrected chi connectivity index (χ0v) is 6.52. The molecule has 0 saturated carbocycles. The molecular formula is C8H7ClO2. The molecule has 1 aromatic carbocycles. The van der Waals surface area contributed by atoms with Crippen LogP contribution in [0.4, 0.5) is 0 Å². The van der Waals surface area contributed by atoms with E-state index in [4.69, 9.17) is 11.6 Å². The molecule has 0 heterocycles. The number of phenols is 2.